The Morgan fingerprint density at radius 2 is 1.73 bits per heavy atom. The Morgan fingerprint density at radius 1 is 1.04 bits per heavy atom. The summed E-state index contributed by atoms with van der Waals surface area (Å²) < 4.78 is 11.7. The molecule has 2 N–H and O–H groups in total. The molecule has 1 aliphatic heterocycles. The third kappa shape index (κ3) is 11.5. The molecule has 2 aromatic rings. The van der Waals surface area contributed by atoms with Gasteiger partial charge < -0.3 is 20.1 Å². The number of ether oxygens (including phenoxy) is 2. The molecule has 0 saturated carbocycles. The van der Waals surface area contributed by atoms with E-state index in [4.69, 9.17) is 21.1 Å². The van der Waals surface area contributed by atoms with E-state index in [9.17, 15) is 24.0 Å². The molecule has 3 rings (SSSR count). The van der Waals surface area contributed by atoms with Gasteiger partial charge in [0.25, 0.3) is 0 Å². The first-order valence-electron chi connectivity index (χ1n) is 16.3. The second-order valence-electron chi connectivity index (χ2n) is 13.5. The van der Waals surface area contributed by atoms with Gasteiger partial charge in [0.15, 0.2) is 11.9 Å². The van der Waals surface area contributed by atoms with Crippen LogP contribution in [-0.4, -0.2) is 54.3 Å². The number of rotatable bonds is 8. The van der Waals surface area contributed by atoms with Crippen molar-refractivity contribution in [2.24, 2.45) is 17.3 Å². The Labute approximate surface area is 288 Å². The number of amides is 2. The third-order valence-corrected chi connectivity index (χ3v) is 8.57. The average Bonchev–Trinajstić information content (AvgIpc) is 3.02. The molecular formula is C38H47ClN2O7. The van der Waals surface area contributed by atoms with Crippen LogP contribution in [0.1, 0.15) is 81.4 Å². The topological polar surface area (TPSA) is 128 Å². The summed E-state index contributed by atoms with van der Waals surface area (Å²) >= 11 is 6.32. The molecule has 0 saturated heterocycles. The molecule has 10 heteroatoms. The van der Waals surface area contributed by atoms with Crippen LogP contribution in [0.25, 0.3) is 6.08 Å². The number of esters is 2. The van der Waals surface area contributed by atoms with Crippen molar-refractivity contribution in [1.29, 1.82) is 0 Å². The van der Waals surface area contributed by atoms with Crippen LogP contribution in [-0.2, 0) is 35.1 Å². The second-order valence-corrected chi connectivity index (χ2v) is 13.9. The highest BCUT2D eigenvalue weighted by Gasteiger charge is 2.37. The first kappa shape index (κ1) is 38.2. The lowest BCUT2D eigenvalue weighted by atomic mass is 9.93. The van der Waals surface area contributed by atoms with Gasteiger partial charge in [0, 0.05) is 35.9 Å². The van der Waals surface area contributed by atoms with Gasteiger partial charge in [-0.3, -0.25) is 19.2 Å². The summed E-state index contributed by atoms with van der Waals surface area (Å²) in [7, 11) is 0. The quantitative estimate of drug-likeness (QED) is 0.251. The monoisotopic (exact) mass is 678 g/mol. The first-order valence-corrected chi connectivity index (χ1v) is 16.6. The Bertz CT molecular complexity index is 1540. The maximum atomic E-state index is 13.5. The van der Waals surface area contributed by atoms with Gasteiger partial charge in [0.1, 0.15) is 12.1 Å². The van der Waals surface area contributed by atoms with Gasteiger partial charge in [-0.25, -0.2) is 4.79 Å². The van der Waals surface area contributed by atoms with E-state index in [-0.39, 0.29) is 43.4 Å². The van der Waals surface area contributed by atoms with Crippen molar-refractivity contribution in [2.45, 2.75) is 86.0 Å². The molecule has 1 aliphatic rings. The highest BCUT2D eigenvalue weighted by Crippen LogP contribution is 2.24. The van der Waals surface area contributed by atoms with Gasteiger partial charge in [0.05, 0.1) is 5.41 Å². The van der Waals surface area contributed by atoms with Gasteiger partial charge in [0.2, 0.25) is 11.8 Å². The summed E-state index contributed by atoms with van der Waals surface area (Å²) in [4.78, 5) is 65.1. The van der Waals surface area contributed by atoms with Crippen LogP contribution in [0.4, 0.5) is 0 Å². The average molecular weight is 679 g/mol. The number of Topliss-reactive ketones (excluding diaryl/α,β-unsaturated/α-hetero) is 1. The molecule has 0 aliphatic carbocycles. The van der Waals surface area contributed by atoms with Crippen molar-refractivity contribution in [2.75, 3.05) is 6.54 Å². The minimum atomic E-state index is -1.20. The fourth-order valence-electron chi connectivity index (χ4n) is 4.96. The number of halogens is 1. The Balaban J connectivity index is 1.93. The summed E-state index contributed by atoms with van der Waals surface area (Å²) in [5.41, 5.74) is 1.90. The molecule has 2 aromatic carbocycles. The SMILES string of the molecule is CC(=O)c1ccc(/C=C/[C@@H](C)[C@@H]2C/C=C/C(=O)N[C@H](Cc3ccc(C)c(Cl)c3)C(=O)NCC(C)(C)C(=O)O[C@@H](CC(C)C)C(=O)O2)cc1. The fraction of sp³-hybridized carbons (Fsp3) is 0.447. The number of carbonyl (C=O) groups excluding carboxylic acids is 5. The molecule has 9 nitrogen and oxygen atoms in total. The van der Waals surface area contributed by atoms with Gasteiger partial charge >= 0.3 is 11.9 Å². The number of nitrogens with one attached hydrogen (secondary N) is 2. The summed E-state index contributed by atoms with van der Waals surface area (Å²) in [6, 6.07) is 11.6. The van der Waals surface area contributed by atoms with Crippen molar-refractivity contribution in [1.82, 2.24) is 10.6 Å². The maximum absolute atomic E-state index is 13.5. The minimum absolute atomic E-state index is 0.0112. The molecule has 0 fully saturated rings. The number of hydrogen-bond acceptors (Lipinski definition) is 7. The number of cyclic esters (lactones) is 2. The minimum Gasteiger partial charge on any atom is -0.459 e. The Kier molecular flexibility index (Phi) is 13.7. The lowest BCUT2D eigenvalue weighted by Gasteiger charge is -2.29. The van der Waals surface area contributed by atoms with Crippen LogP contribution in [0.15, 0.2) is 60.7 Å². The molecule has 258 valence electrons. The van der Waals surface area contributed by atoms with Crippen molar-refractivity contribution in [3.63, 3.8) is 0 Å². The standard InChI is InChI=1S/C38H47ClN2O7/c1-23(2)19-33-36(45)47-32(25(4)12-13-27-15-17-29(18-16-27)26(5)42)9-8-10-34(43)41-31(21-28-14-11-24(3)30(39)20-28)35(44)40-22-38(6,7)37(46)48-33/h8,10-18,20,23,25,31-33H,9,19,21-22H2,1-7H3,(H,40,44)(H,41,43)/b10-8+,13-12+/t25-,31-,32+,33+/m1/s1. The van der Waals surface area contributed by atoms with Crippen molar-refractivity contribution in [3.05, 3.63) is 88.0 Å². The van der Waals surface area contributed by atoms with Crippen molar-refractivity contribution < 1.29 is 33.4 Å². The van der Waals surface area contributed by atoms with Crippen LogP contribution in [0.3, 0.4) is 0 Å². The van der Waals surface area contributed by atoms with E-state index < -0.39 is 47.4 Å². The summed E-state index contributed by atoms with van der Waals surface area (Å²) in [5, 5.41) is 6.09. The molecule has 4 atom stereocenters. The number of hydrogen-bond donors (Lipinski definition) is 2. The molecule has 0 spiro atoms. The molecule has 0 unspecified atom stereocenters. The highest BCUT2D eigenvalue weighted by atomic mass is 35.5. The van der Waals surface area contributed by atoms with Crippen LogP contribution in [0.5, 0.6) is 0 Å². The number of aryl methyl sites for hydroxylation is 1. The molecular weight excluding hydrogens is 632 g/mol. The molecule has 1 heterocycles. The van der Waals surface area contributed by atoms with Crippen LogP contribution < -0.4 is 10.6 Å². The predicted molar refractivity (Wildman–Crippen MR) is 186 cm³/mol. The lowest BCUT2D eigenvalue weighted by molar-refractivity contribution is -0.178. The van der Waals surface area contributed by atoms with Gasteiger partial charge in [-0.2, -0.15) is 0 Å². The van der Waals surface area contributed by atoms with E-state index in [1.807, 2.05) is 64.1 Å². The molecule has 0 radical (unpaired) electrons. The van der Waals surface area contributed by atoms with E-state index >= 15 is 0 Å². The third-order valence-electron chi connectivity index (χ3n) is 8.16. The summed E-state index contributed by atoms with van der Waals surface area (Å²) in [6.07, 6.45) is 5.37. The molecule has 0 bridgehead atoms. The number of ketones is 1. The van der Waals surface area contributed by atoms with Gasteiger partial charge in [-0.15, -0.1) is 0 Å². The Morgan fingerprint density at radius 3 is 2.35 bits per heavy atom. The molecule has 48 heavy (non-hydrogen) atoms. The zero-order chi connectivity index (χ0) is 35.6. The lowest BCUT2D eigenvalue weighted by Crippen LogP contribution is -2.51. The van der Waals surface area contributed by atoms with Crippen LogP contribution in [0, 0.1) is 24.2 Å². The van der Waals surface area contributed by atoms with E-state index in [0.29, 0.717) is 10.6 Å². The first-order chi connectivity index (χ1) is 22.5. The van der Waals surface area contributed by atoms with Crippen molar-refractivity contribution >= 4 is 47.2 Å². The zero-order valence-electron chi connectivity index (χ0n) is 28.8. The smallest absolute Gasteiger partial charge is 0.347 e. The highest BCUT2D eigenvalue weighted by molar-refractivity contribution is 6.31. The van der Waals surface area contributed by atoms with Gasteiger partial charge in [-0.05, 0) is 68.9 Å². The fourth-order valence-corrected chi connectivity index (χ4v) is 5.16. The largest absolute Gasteiger partial charge is 0.459 e. The maximum Gasteiger partial charge on any atom is 0.347 e. The second kappa shape index (κ2) is 17.2. The summed E-state index contributed by atoms with van der Waals surface area (Å²) in [5.74, 6) is -2.67. The molecule has 2 amide bonds. The summed E-state index contributed by atoms with van der Waals surface area (Å²) in [6.45, 7) is 12.2. The normalized spacial score (nSPS) is 22.4. The van der Waals surface area contributed by atoms with Gasteiger partial charge in [-0.1, -0.05) is 87.0 Å². The van der Waals surface area contributed by atoms with Crippen LogP contribution >= 0.6 is 11.6 Å². The van der Waals surface area contributed by atoms with E-state index in [1.165, 1.54) is 13.0 Å². The van der Waals surface area contributed by atoms with E-state index in [0.717, 1.165) is 16.7 Å². The van der Waals surface area contributed by atoms with Crippen LogP contribution in [0.2, 0.25) is 5.02 Å². The molecule has 0 aromatic heterocycles. The van der Waals surface area contributed by atoms with Crippen molar-refractivity contribution in [3.8, 4) is 0 Å². The number of benzene rings is 2. The van der Waals surface area contributed by atoms with E-state index in [1.54, 1.807) is 38.1 Å². The Hall–Kier alpha value is -4.24. The zero-order valence-corrected chi connectivity index (χ0v) is 29.6. The predicted octanol–water partition coefficient (Wildman–Crippen LogP) is 6.20. The number of carbonyl (C=O) groups is 5. The van der Waals surface area contributed by atoms with E-state index in [2.05, 4.69) is 10.6 Å².